The fourth-order valence-corrected chi connectivity index (χ4v) is 3.96. The van der Waals surface area contributed by atoms with Gasteiger partial charge in [-0.1, -0.05) is 12.8 Å². The Morgan fingerprint density at radius 2 is 1.88 bits per heavy atom. The van der Waals surface area contributed by atoms with Crippen LogP contribution in [0.15, 0.2) is 18.2 Å². The minimum Gasteiger partial charge on any atom is -0.497 e. The van der Waals surface area contributed by atoms with Crippen LogP contribution < -0.4 is 9.47 Å². The van der Waals surface area contributed by atoms with E-state index in [2.05, 4.69) is 19.0 Å². The van der Waals surface area contributed by atoms with E-state index >= 15 is 0 Å². The van der Waals surface area contributed by atoms with Gasteiger partial charge in [-0.3, -0.25) is 4.79 Å². The van der Waals surface area contributed by atoms with Crippen molar-refractivity contribution in [1.29, 1.82) is 0 Å². The number of piperidine rings is 1. The molecule has 0 unspecified atom stereocenters. The number of rotatable bonds is 6. The zero-order valence-electron chi connectivity index (χ0n) is 15.9. The van der Waals surface area contributed by atoms with Gasteiger partial charge in [-0.05, 0) is 51.4 Å². The van der Waals surface area contributed by atoms with Crippen molar-refractivity contribution >= 4 is 5.91 Å². The number of likely N-dealkylation sites (tertiary alicyclic amines) is 1. The van der Waals surface area contributed by atoms with Gasteiger partial charge in [-0.15, -0.1) is 0 Å². The number of amides is 1. The third-order valence-electron chi connectivity index (χ3n) is 5.93. The van der Waals surface area contributed by atoms with Crippen LogP contribution in [-0.4, -0.2) is 62.7 Å². The smallest absolute Gasteiger partial charge is 0.257 e. The highest BCUT2D eigenvalue weighted by atomic mass is 16.5. The average Bonchev–Trinajstić information content (AvgIpc) is 3.44. The number of methoxy groups -OCH3 is 2. The van der Waals surface area contributed by atoms with E-state index in [1.165, 1.54) is 19.3 Å². The predicted molar refractivity (Wildman–Crippen MR) is 98.4 cm³/mol. The SMILES string of the molecule is COc1ccc(C(=O)N2CCC(CC3CC3)(N(C)C)CC2)c(OC)c1. The first-order valence-electron chi connectivity index (χ1n) is 9.18. The summed E-state index contributed by atoms with van der Waals surface area (Å²) >= 11 is 0. The van der Waals surface area contributed by atoms with Crippen LogP contribution in [0.1, 0.15) is 42.5 Å². The molecule has 2 fully saturated rings. The number of hydrogen-bond acceptors (Lipinski definition) is 4. The molecular weight excluding hydrogens is 316 g/mol. The molecule has 1 aromatic rings. The molecule has 0 radical (unpaired) electrons. The van der Waals surface area contributed by atoms with Crippen LogP contribution in [0.3, 0.4) is 0 Å². The average molecular weight is 346 g/mol. The van der Waals surface area contributed by atoms with Crippen molar-refractivity contribution in [2.24, 2.45) is 5.92 Å². The first kappa shape index (κ1) is 18.1. The van der Waals surface area contributed by atoms with E-state index in [-0.39, 0.29) is 11.4 Å². The Labute approximate surface area is 150 Å². The van der Waals surface area contributed by atoms with Crippen molar-refractivity contribution in [3.05, 3.63) is 23.8 Å². The van der Waals surface area contributed by atoms with Gasteiger partial charge in [-0.2, -0.15) is 0 Å². The number of nitrogens with zero attached hydrogens (tertiary/aromatic N) is 2. The van der Waals surface area contributed by atoms with E-state index in [0.717, 1.165) is 31.8 Å². The van der Waals surface area contributed by atoms with Crippen LogP contribution in [0.4, 0.5) is 0 Å². The summed E-state index contributed by atoms with van der Waals surface area (Å²) in [6.45, 7) is 1.61. The summed E-state index contributed by atoms with van der Waals surface area (Å²) in [4.78, 5) is 17.3. The first-order valence-corrected chi connectivity index (χ1v) is 9.18. The van der Waals surface area contributed by atoms with Gasteiger partial charge in [0.05, 0.1) is 19.8 Å². The van der Waals surface area contributed by atoms with Gasteiger partial charge in [0.15, 0.2) is 0 Å². The molecule has 0 aromatic heterocycles. The summed E-state index contributed by atoms with van der Waals surface area (Å²) in [6, 6.07) is 5.39. The van der Waals surface area contributed by atoms with E-state index < -0.39 is 0 Å². The number of carbonyl (C=O) groups is 1. The molecule has 5 nitrogen and oxygen atoms in total. The fraction of sp³-hybridized carbons (Fsp3) is 0.650. The van der Waals surface area contributed by atoms with Gasteiger partial charge < -0.3 is 19.3 Å². The van der Waals surface area contributed by atoms with Crippen LogP contribution in [0.25, 0.3) is 0 Å². The molecule has 2 aliphatic rings. The normalized spacial score (nSPS) is 19.8. The van der Waals surface area contributed by atoms with E-state index in [0.29, 0.717) is 17.1 Å². The molecule has 0 atom stereocenters. The Hall–Kier alpha value is -1.75. The monoisotopic (exact) mass is 346 g/mol. The molecule has 25 heavy (non-hydrogen) atoms. The minimum absolute atomic E-state index is 0.0540. The minimum atomic E-state index is 0.0540. The molecular formula is C20H30N2O3. The number of carbonyl (C=O) groups excluding carboxylic acids is 1. The van der Waals surface area contributed by atoms with Gasteiger partial charge in [0.25, 0.3) is 5.91 Å². The summed E-state index contributed by atoms with van der Waals surface area (Å²) in [6.07, 6.45) is 6.11. The van der Waals surface area contributed by atoms with Gasteiger partial charge >= 0.3 is 0 Å². The van der Waals surface area contributed by atoms with E-state index in [9.17, 15) is 4.79 Å². The molecule has 3 rings (SSSR count). The topological polar surface area (TPSA) is 42.0 Å². The largest absolute Gasteiger partial charge is 0.497 e. The van der Waals surface area contributed by atoms with E-state index in [1.54, 1.807) is 26.4 Å². The highest BCUT2D eigenvalue weighted by molar-refractivity contribution is 5.97. The Morgan fingerprint density at radius 3 is 2.40 bits per heavy atom. The molecule has 1 amide bonds. The Morgan fingerprint density at radius 1 is 1.20 bits per heavy atom. The van der Waals surface area contributed by atoms with Gasteiger partial charge in [-0.25, -0.2) is 0 Å². The zero-order chi connectivity index (χ0) is 18.0. The predicted octanol–water partition coefficient (Wildman–Crippen LogP) is 3.04. The van der Waals surface area contributed by atoms with E-state index in [4.69, 9.17) is 9.47 Å². The molecule has 1 aliphatic heterocycles. The van der Waals surface area contributed by atoms with Crippen molar-refractivity contribution in [3.63, 3.8) is 0 Å². The zero-order valence-corrected chi connectivity index (χ0v) is 15.9. The van der Waals surface area contributed by atoms with Crippen molar-refractivity contribution < 1.29 is 14.3 Å². The molecule has 0 bridgehead atoms. The van der Waals surface area contributed by atoms with Crippen molar-refractivity contribution in [2.75, 3.05) is 41.4 Å². The van der Waals surface area contributed by atoms with Crippen LogP contribution in [0.5, 0.6) is 11.5 Å². The number of ether oxygens (including phenoxy) is 2. The summed E-state index contributed by atoms with van der Waals surface area (Å²) < 4.78 is 10.6. The summed E-state index contributed by atoms with van der Waals surface area (Å²) in [5.74, 6) is 2.22. The lowest BCUT2D eigenvalue weighted by atomic mass is 9.81. The maximum Gasteiger partial charge on any atom is 0.257 e. The lowest BCUT2D eigenvalue weighted by Crippen LogP contribution is -2.54. The van der Waals surface area contributed by atoms with Crippen LogP contribution in [0.2, 0.25) is 0 Å². The second kappa shape index (κ2) is 7.24. The fourth-order valence-electron chi connectivity index (χ4n) is 3.96. The van der Waals surface area contributed by atoms with Crippen LogP contribution in [-0.2, 0) is 0 Å². The van der Waals surface area contributed by atoms with Gasteiger partial charge in [0.1, 0.15) is 11.5 Å². The third kappa shape index (κ3) is 3.76. The number of benzene rings is 1. The molecule has 0 spiro atoms. The standard InChI is InChI=1S/C20H30N2O3/c1-21(2)20(14-15-5-6-15)9-11-22(12-10-20)19(23)17-8-7-16(24-3)13-18(17)25-4/h7-8,13,15H,5-6,9-12,14H2,1-4H3. The summed E-state index contributed by atoms with van der Waals surface area (Å²) in [7, 11) is 7.58. The second-order valence-electron chi connectivity index (χ2n) is 7.62. The third-order valence-corrected chi connectivity index (χ3v) is 5.93. The highest BCUT2D eigenvalue weighted by Crippen LogP contribution is 2.43. The molecule has 1 saturated heterocycles. The van der Waals surface area contributed by atoms with Gasteiger partial charge in [0, 0.05) is 24.7 Å². The Balaban J connectivity index is 1.70. The molecule has 1 aromatic carbocycles. The molecule has 5 heteroatoms. The quantitative estimate of drug-likeness (QED) is 0.794. The molecule has 0 N–H and O–H groups in total. The molecule has 138 valence electrons. The van der Waals surface area contributed by atoms with Crippen LogP contribution in [0, 0.1) is 5.92 Å². The lowest BCUT2D eigenvalue weighted by Gasteiger charge is -2.46. The molecule has 1 aliphatic carbocycles. The first-order chi connectivity index (χ1) is 12.0. The molecule has 1 saturated carbocycles. The maximum atomic E-state index is 13.0. The van der Waals surface area contributed by atoms with Crippen molar-refractivity contribution in [3.8, 4) is 11.5 Å². The second-order valence-corrected chi connectivity index (χ2v) is 7.62. The van der Waals surface area contributed by atoms with Gasteiger partial charge in [0.2, 0.25) is 0 Å². The summed E-state index contributed by atoms with van der Waals surface area (Å²) in [5, 5.41) is 0. The summed E-state index contributed by atoms with van der Waals surface area (Å²) in [5.41, 5.74) is 0.866. The molecule has 1 heterocycles. The van der Waals surface area contributed by atoms with Crippen molar-refractivity contribution in [2.45, 2.75) is 37.6 Å². The number of hydrogen-bond donors (Lipinski definition) is 0. The Bertz CT molecular complexity index is 617. The van der Waals surface area contributed by atoms with Crippen LogP contribution >= 0.6 is 0 Å². The Kier molecular flexibility index (Phi) is 5.23. The maximum absolute atomic E-state index is 13.0. The highest BCUT2D eigenvalue weighted by Gasteiger charge is 2.42. The van der Waals surface area contributed by atoms with E-state index in [1.807, 2.05) is 11.0 Å². The lowest BCUT2D eigenvalue weighted by molar-refractivity contribution is 0.0361. The van der Waals surface area contributed by atoms with Crippen molar-refractivity contribution in [1.82, 2.24) is 9.80 Å².